The Kier molecular flexibility index (Phi) is 4.39. The molecule has 0 saturated heterocycles. The minimum absolute atomic E-state index is 0.124. The van der Waals surface area contributed by atoms with Crippen molar-refractivity contribution in [1.82, 2.24) is 5.32 Å². The van der Waals surface area contributed by atoms with Crippen LogP contribution in [-0.4, -0.2) is 18.4 Å². The average Bonchev–Trinajstić information content (AvgIpc) is 3.07. The third-order valence-electron chi connectivity index (χ3n) is 5.09. The Bertz CT molecular complexity index is 589. The number of amides is 1. The summed E-state index contributed by atoms with van der Waals surface area (Å²) in [5, 5.41) is 14.9. The van der Waals surface area contributed by atoms with Crippen LogP contribution in [0.1, 0.15) is 24.8 Å². The minimum Gasteiger partial charge on any atom is -0.550 e. The lowest BCUT2D eigenvalue weighted by Gasteiger charge is -2.30. The van der Waals surface area contributed by atoms with Gasteiger partial charge in [-0.2, -0.15) is 0 Å². The van der Waals surface area contributed by atoms with Gasteiger partial charge >= 0.3 is 0 Å². The fourth-order valence-electron chi connectivity index (χ4n) is 4.15. The van der Waals surface area contributed by atoms with Crippen molar-refractivity contribution in [1.29, 1.82) is 0 Å². The van der Waals surface area contributed by atoms with E-state index in [-0.39, 0.29) is 17.7 Å². The third kappa shape index (κ3) is 2.98. The number of carbonyl (C=O) groups is 2. The van der Waals surface area contributed by atoms with Gasteiger partial charge in [0.25, 0.3) is 0 Å². The van der Waals surface area contributed by atoms with Gasteiger partial charge in [0.05, 0.1) is 0 Å². The van der Waals surface area contributed by atoms with Crippen molar-refractivity contribution in [2.45, 2.75) is 25.7 Å². The second kappa shape index (κ2) is 6.29. The normalized spacial score (nSPS) is 29.5. The molecule has 3 rings (SSSR count). The van der Waals surface area contributed by atoms with Gasteiger partial charge in [-0.25, -0.2) is 0 Å². The summed E-state index contributed by atoms with van der Waals surface area (Å²) >= 11 is 5.93. The molecule has 2 aliphatic rings. The van der Waals surface area contributed by atoms with Crippen molar-refractivity contribution in [3.63, 3.8) is 0 Å². The molecule has 1 aromatic carbocycles. The Hall–Kier alpha value is -1.55. The van der Waals surface area contributed by atoms with Crippen LogP contribution in [-0.2, 0) is 16.0 Å². The van der Waals surface area contributed by atoms with Crippen molar-refractivity contribution >= 4 is 23.5 Å². The van der Waals surface area contributed by atoms with Crippen LogP contribution in [0.25, 0.3) is 0 Å². The monoisotopic (exact) mass is 320 g/mol. The molecule has 0 unspecified atom stereocenters. The van der Waals surface area contributed by atoms with Crippen LogP contribution in [0.5, 0.6) is 0 Å². The predicted octanol–water partition coefficient (Wildman–Crippen LogP) is 1.41. The van der Waals surface area contributed by atoms with Gasteiger partial charge in [0.1, 0.15) is 0 Å². The summed E-state index contributed by atoms with van der Waals surface area (Å²) in [4.78, 5) is 23.7. The van der Waals surface area contributed by atoms with Gasteiger partial charge < -0.3 is 15.2 Å². The van der Waals surface area contributed by atoms with E-state index in [9.17, 15) is 14.7 Å². The topological polar surface area (TPSA) is 69.2 Å². The van der Waals surface area contributed by atoms with E-state index in [1.54, 1.807) is 0 Å². The Labute approximate surface area is 134 Å². The summed E-state index contributed by atoms with van der Waals surface area (Å²) in [5.41, 5.74) is 1.05. The minimum atomic E-state index is -1.07. The van der Waals surface area contributed by atoms with Crippen molar-refractivity contribution in [3.05, 3.63) is 34.9 Å². The first kappa shape index (κ1) is 15.3. The summed E-state index contributed by atoms with van der Waals surface area (Å²) in [6, 6.07) is 7.51. The van der Waals surface area contributed by atoms with E-state index in [0.717, 1.165) is 24.8 Å². The van der Waals surface area contributed by atoms with E-state index >= 15 is 0 Å². The molecule has 2 bridgehead atoms. The molecule has 0 spiro atoms. The largest absolute Gasteiger partial charge is 0.550 e. The van der Waals surface area contributed by atoms with Crippen LogP contribution in [0, 0.1) is 23.7 Å². The smallest absolute Gasteiger partial charge is 0.224 e. The summed E-state index contributed by atoms with van der Waals surface area (Å²) in [7, 11) is 0. The third-order valence-corrected chi connectivity index (χ3v) is 5.33. The Morgan fingerprint density at radius 3 is 2.64 bits per heavy atom. The summed E-state index contributed by atoms with van der Waals surface area (Å²) < 4.78 is 0. The van der Waals surface area contributed by atoms with Gasteiger partial charge in [-0.05, 0) is 55.2 Å². The maximum Gasteiger partial charge on any atom is 0.224 e. The molecular weight excluding hydrogens is 302 g/mol. The number of halogens is 1. The lowest BCUT2D eigenvalue weighted by atomic mass is 9.78. The molecule has 0 radical (unpaired) electrons. The molecule has 4 nitrogen and oxygen atoms in total. The van der Waals surface area contributed by atoms with Gasteiger partial charge in [0.2, 0.25) is 5.91 Å². The van der Waals surface area contributed by atoms with Crippen molar-refractivity contribution in [3.8, 4) is 0 Å². The van der Waals surface area contributed by atoms with Crippen LogP contribution in [0.15, 0.2) is 24.3 Å². The second-order valence-electron chi connectivity index (χ2n) is 6.37. The standard InChI is InChI=1S/C17H20ClNO3/c18-13-3-1-2-10(8-13)6-7-19-16(20)14-11-4-5-12(9-11)15(14)17(21)22/h1-3,8,11-12,14-15H,4-7,9H2,(H,19,20)(H,21,22)/p-1/t11-,12+,14-,15+/m1/s1. The number of hydrogen-bond donors (Lipinski definition) is 1. The van der Waals surface area contributed by atoms with Gasteiger partial charge in [-0.15, -0.1) is 0 Å². The Balaban J connectivity index is 1.56. The molecule has 0 aromatic heterocycles. The number of aliphatic carboxylic acids is 1. The molecule has 1 aromatic rings. The molecule has 22 heavy (non-hydrogen) atoms. The molecule has 118 valence electrons. The maximum atomic E-state index is 12.4. The van der Waals surface area contributed by atoms with Crippen LogP contribution in [0.2, 0.25) is 5.02 Å². The first-order chi connectivity index (χ1) is 10.6. The molecule has 0 heterocycles. The second-order valence-corrected chi connectivity index (χ2v) is 6.81. The first-order valence-electron chi connectivity index (χ1n) is 7.79. The molecule has 1 N–H and O–H groups in total. The Morgan fingerprint density at radius 2 is 1.95 bits per heavy atom. The van der Waals surface area contributed by atoms with E-state index in [1.165, 1.54) is 0 Å². The average molecular weight is 321 g/mol. The molecule has 2 saturated carbocycles. The van der Waals surface area contributed by atoms with Gasteiger partial charge in [0.15, 0.2) is 0 Å². The van der Waals surface area contributed by atoms with Gasteiger partial charge in [0, 0.05) is 29.4 Å². The highest BCUT2D eigenvalue weighted by atomic mass is 35.5. The van der Waals surface area contributed by atoms with E-state index < -0.39 is 17.8 Å². The van der Waals surface area contributed by atoms with E-state index in [4.69, 9.17) is 11.6 Å². The predicted molar refractivity (Wildman–Crippen MR) is 81.0 cm³/mol. The summed E-state index contributed by atoms with van der Waals surface area (Å²) in [6.07, 6.45) is 3.41. The zero-order valence-electron chi connectivity index (χ0n) is 12.3. The molecule has 1 amide bonds. The summed E-state index contributed by atoms with van der Waals surface area (Å²) in [5.74, 6) is -1.89. The number of nitrogens with one attached hydrogen (secondary N) is 1. The van der Waals surface area contributed by atoms with Crippen LogP contribution in [0.3, 0.4) is 0 Å². The van der Waals surface area contributed by atoms with Crippen LogP contribution < -0.4 is 10.4 Å². The molecule has 2 aliphatic carbocycles. The number of hydrogen-bond acceptors (Lipinski definition) is 3. The maximum absolute atomic E-state index is 12.4. The number of carboxylic acid groups (broad SMARTS) is 1. The van der Waals surface area contributed by atoms with Gasteiger partial charge in [-0.3, -0.25) is 4.79 Å². The van der Waals surface area contributed by atoms with Crippen LogP contribution >= 0.6 is 11.6 Å². The fourth-order valence-corrected chi connectivity index (χ4v) is 4.36. The molecule has 4 atom stereocenters. The molecule has 5 heteroatoms. The number of carboxylic acids is 1. The lowest BCUT2D eigenvalue weighted by Crippen LogP contribution is -2.46. The fraction of sp³-hybridized carbons (Fsp3) is 0.529. The molecule has 2 fully saturated rings. The van der Waals surface area contributed by atoms with Gasteiger partial charge in [-0.1, -0.05) is 23.7 Å². The summed E-state index contributed by atoms with van der Waals surface area (Å²) in [6.45, 7) is 0.493. The quantitative estimate of drug-likeness (QED) is 0.892. The van der Waals surface area contributed by atoms with E-state index in [0.29, 0.717) is 18.0 Å². The molecular formula is C17H19ClNO3-. The number of carbonyl (C=O) groups excluding carboxylic acids is 2. The van der Waals surface area contributed by atoms with Crippen molar-refractivity contribution in [2.24, 2.45) is 23.7 Å². The highest BCUT2D eigenvalue weighted by Gasteiger charge is 2.51. The SMILES string of the molecule is O=C(NCCc1cccc(Cl)c1)[C@@H]1[C@@H]2CC[C@@H](C2)[C@@H]1C(=O)[O-]. The lowest BCUT2D eigenvalue weighted by molar-refractivity contribution is -0.314. The first-order valence-corrected chi connectivity index (χ1v) is 8.17. The van der Waals surface area contributed by atoms with Crippen molar-refractivity contribution < 1.29 is 14.7 Å². The zero-order chi connectivity index (χ0) is 15.7. The molecule has 0 aliphatic heterocycles. The Morgan fingerprint density at radius 1 is 1.23 bits per heavy atom. The number of rotatable bonds is 5. The van der Waals surface area contributed by atoms with Crippen LogP contribution in [0.4, 0.5) is 0 Å². The van der Waals surface area contributed by atoms with Crippen molar-refractivity contribution in [2.75, 3.05) is 6.54 Å². The highest BCUT2D eigenvalue weighted by molar-refractivity contribution is 6.30. The van der Waals surface area contributed by atoms with E-state index in [1.807, 2.05) is 24.3 Å². The highest BCUT2D eigenvalue weighted by Crippen LogP contribution is 2.52. The number of fused-ring (bicyclic) bond motifs is 2. The zero-order valence-corrected chi connectivity index (χ0v) is 13.0. The number of benzene rings is 1. The van der Waals surface area contributed by atoms with E-state index in [2.05, 4.69) is 5.32 Å².